The Balaban J connectivity index is 1.16. The number of para-hydroxylation sites is 2. The molecule has 1 saturated heterocycles. The van der Waals surface area contributed by atoms with Crippen LogP contribution in [0.2, 0.25) is 0 Å². The number of hydrogen-bond acceptors (Lipinski definition) is 7. The van der Waals surface area contributed by atoms with E-state index in [2.05, 4.69) is 20.3 Å². The van der Waals surface area contributed by atoms with Crippen molar-refractivity contribution in [3.8, 4) is 16.9 Å². The maximum absolute atomic E-state index is 15.0. The summed E-state index contributed by atoms with van der Waals surface area (Å²) in [7, 11) is 0. The van der Waals surface area contributed by atoms with Crippen LogP contribution in [0.25, 0.3) is 16.8 Å². The lowest BCUT2D eigenvalue weighted by atomic mass is 10.1. The van der Waals surface area contributed by atoms with Crippen LogP contribution in [0.4, 0.5) is 20.6 Å². The van der Waals surface area contributed by atoms with Gasteiger partial charge in [-0.2, -0.15) is 5.10 Å². The molecule has 0 unspecified atom stereocenters. The third-order valence-corrected chi connectivity index (χ3v) is 7.51. The molecule has 11 heteroatoms. The Morgan fingerprint density at radius 2 is 1.67 bits per heavy atom. The highest BCUT2D eigenvalue weighted by Gasteiger charge is 2.27. The number of fused-ring (bicyclic) bond motifs is 1. The maximum Gasteiger partial charge on any atom is 0.410 e. The zero-order chi connectivity index (χ0) is 32.3. The van der Waals surface area contributed by atoms with Crippen LogP contribution in [0.5, 0.6) is 5.75 Å². The molecular weight excluding hydrogens is 587 g/mol. The van der Waals surface area contributed by atoms with Gasteiger partial charge in [0.1, 0.15) is 17.9 Å². The van der Waals surface area contributed by atoms with Gasteiger partial charge < -0.3 is 24.6 Å². The second kappa shape index (κ2) is 12.9. The minimum Gasteiger partial charge on any atom is -0.486 e. The molecule has 1 N–H and O–H groups in total. The number of hydrogen-bond donors (Lipinski definition) is 1. The van der Waals surface area contributed by atoms with Crippen molar-refractivity contribution in [2.45, 2.75) is 33.0 Å². The molecule has 5 aromatic rings. The number of anilines is 2. The first-order chi connectivity index (χ1) is 22.1. The Hall–Kier alpha value is -5.45. The number of ether oxygens (including phenoxy) is 2. The van der Waals surface area contributed by atoms with Crippen molar-refractivity contribution in [3.63, 3.8) is 0 Å². The monoisotopic (exact) mass is 622 g/mol. The minimum absolute atomic E-state index is 0.141. The minimum atomic E-state index is -0.557. The van der Waals surface area contributed by atoms with Gasteiger partial charge in [0.2, 0.25) is 0 Å². The second-order valence-electron chi connectivity index (χ2n) is 12.0. The van der Waals surface area contributed by atoms with Crippen molar-refractivity contribution in [2.75, 3.05) is 36.4 Å². The number of halogens is 1. The number of rotatable bonds is 7. The van der Waals surface area contributed by atoms with Gasteiger partial charge in [-0.1, -0.05) is 48.5 Å². The lowest BCUT2D eigenvalue weighted by Crippen LogP contribution is -2.50. The molecule has 0 spiro atoms. The normalized spacial score (nSPS) is 13.5. The Bertz CT molecular complexity index is 1860. The summed E-state index contributed by atoms with van der Waals surface area (Å²) in [6.07, 6.45) is 2.91. The molecule has 1 aliphatic heterocycles. The first kappa shape index (κ1) is 30.6. The third kappa shape index (κ3) is 6.93. The zero-order valence-electron chi connectivity index (χ0n) is 25.9. The van der Waals surface area contributed by atoms with Gasteiger partial charge in [-0.05, 0) is 62.2 Å². The van der Waals surface area contributed by atoms with Crippen LogP contribution in [0, 0.1) is 5.82 Å². The van der Waals surface area contributed by atoms with E-state index in [-0.39, 0.29) is 24.1 Å². The fraction of sp³-hybridized carbons (Fsp3) is 0.257. The Morgan fingerprint density at radius 3 is 2.41 bits per heavy atom. The van der Waals surface area contributed by atoms with E-state index in [4.69, 9.17) is 9.47 Å². The predicted octanol–water partition coefficient (Wildman–Crippen LogP) is 6.42. The van der Waals surface area contributed by atoms with Gasteiger partial charge in [0.25, 0.3) is 5.91 Å². The molecule has 3 heterocycles. The van der Waals surface area contributed by atoms with Crippen molar-refractivity contribution >= 4 is 29.0 Å². The van der Waals surface area contributed by atoms with Gasteiger partial charge in [-0.3, -0.25) is 4.79 Å². The molecule has 1 aliphatic rings. The van der Waals surface area contributed by atoms with Crippen LogP contribution in [-0.2, 0) is 11.3 Å². The average Bonchev–Trinajstić information content (AvgIpc) is 3.48. The number of benzene rings is 3. The van der Waals surface area contributed by atoms with Crippen LogP contribution in [0.3, 0.4) is 0 Å². The van der Waals surface area contributed by atoms with E-state index in [9.17, 15) is 9.59 Å². The van der Waals surface area contributed by atoms with Gasteiger partial charge in [0.05, 0.1) is 17.6 Å². The van der Waals surface area contributed by atoms with Gasteiger partial charge >= 0.3 is 6.09 Å². The van der Waals surface area contributed by atoms with E-state index >= 15 is 4.39 Å². The molecular formula is C35H35FN6O4. The summed E-state index contributed by atoms with van der Waals surface area (Å²) < 4.78 is 27.8. The maximum atomic E-state index is 15.0. The number of nitrogens with one attached hydrogen (secondary N) is 1. The molecule has 0 atom stereocenters. The zero-order valence-corrected chi connectivity index (χ0v) is 25.9. The Morgan fingerprint density at radius 1 is 0.935 bits per heavy atom. The number of piperazine rings is 1. The first-order valence-corrected chi connectivity index (χ1v) is 15.1. The van der Waals surface area contributed by atoms with Gasteiger partial charge in [0, 0.05) is 37.9 Å². The van der Waals surface area contributed by atoms with Crippen molar-refractivity contribution in [1.29, 1.82) is 0 Å². The SMILES string of the molecule is CC(C)(C)OC(=O)N1CCN(c2ccccc2NC(=O)c2ccn3ncc(-c4ccc(OCc5ccccc5)c(F)c4)c3n2)CC1. The molecule has 0 bridgehead atoms. The topological polar surface area (TPSA) is 101 Å². The van der Waals surface area contributed by atoms with E-state index < -0.39 is 17.3 Å². The van der Waals surface area contributed by atoms with E-state index in [1.165, 1.54) is 6.07 Å². The molecule has 3 aromatic carbocycles. The summed E-state index contributed by atoms with van der Waals surface area (Å²) >= 11 is 0. The number of carbonyl (C=O) groups is 2. The average molecular weight is 623 g/mol. The summed E-state index contributed by atoms with van der Waals surface area (Å²) in [4.78, 5) is 34.4. The highest BCUT2D eigenvalue weighted by Crippen LogP contribution is 2.30. The molecule has 0 aliphatic carbocycles. The molecule has 46 heavy (non-hydrogen) atoms. The van der Waals surface area contributed by atoms with Crippen molar-refractivity contribution in [1.82, 2.24) is 19.5 Å². The second-order valence-corrected chi connectivity index (χ2v) is 12.0. The van der Waals surface area contributed by atoms with Gasteiger partial charge in [0.15, 0.2) is 17.2 Å². The summed E-state index contributed by atoms with van der Waals surface area (Å²) in [5.41, 5.74) is 3.58. The quantitative estimate of drug-likeness (QED) is 0.223. The third-order valence-electron chi connectivity index (χ3n) is 7.51. The van der Waals surface area contributed by atoms with E-state index in [1.54, 1.807) is 40.0 Å². The first-order valence-electron chi connectivity index (χ1n) is 15.1. The smallest absolute Gasteiger partial charge is 0.410 e. The van der Waals surface area contributed by atoms with Crippen molar-refractivity contribution in [2.24, 2.45) is 0 Å². The lowest BCUT2D eigenvalue weighted by Gasteiger charge is -2.37. The summed E-state index contributed by atoms with van der Waals surface area (Å²) in [5, 5.41) is 7.34. The molecule has 0 radical (unpaired) electrons. The molecule has 0 saturated carbocycles. The van der Waals surface area contributed by atoms with Gasteiger partial charge in [-0.15, -0.1) is 0 Å². The molecule has 1 fully saturated rings. The fourth-order valence-corrected chi connectivity index (χ4v) is 5.22. The van der Waals surface area contributed by atoms with E-state index in [1.807, 2.05) is 75.4 Å². The fourth-order valence-electron chi connectivity index (χ4n) is 5.22. The predicted molar refractivity (Wildman–Crippen MR) is 174 cm³/mol. The van der Waals surface area contributed by atoms with Crippen molar-refractivity contribution < 1.29 is 23.5 Å². The van der Waals surface area contributed by atoms with E-state index in [0.717, 1.165) is 11.3 Å². The molecule has 236 valence electrons. The van der Waals surface area contributed by atoms with Crippen LogP contribution in [-0.4, -0.2) is 63.3 Å². The number of carbonyl (C=O) groups excluding carboxylic acids is 2. The summed E-state index contributed by atoms with van der Waals surface area (Å²) in [6, 6.07) is 23.4. The van der Waals surface area contributed by atoms with Crippen LogP contribution < -0.4 is 15.0 Å². The Kier molecular flexibility index (Phi) is 8.56. The van der Waals surface area contributed by atoms with Gasteiger partial charge in [-0.25, -0.2) is 18.7 Å². The molecule has 6 rings (SSSR count). The van der Waals surface area contributed by atoms with Crippen LogP contribution >= 0.6 is 0 Å². The number of amides is 2. The lowest BCUT2D eigenvalue weighted by molar-refractivity contribution is 0.0240. The summed E-state index contributed by atoms with van der Waals surface area (Å²) in [6.45, 7) is 7.97. The number of aromatic nitrogens is 3. The highest BCUT2D eigenvalue weighted by molar-refractivity contribution is 6.05. The number of nitrogens with zero attached hydrogens (tertiary/aromatic N) is 5. The molecule has 10 nitrogen and oxygen atoms in total. The Labute approximate surface area is 266 Å². The largest absolute Gasteiger partial charge is 0.486 e. The summed E-state index contributed by atoms with van der Waals surface area (Å²) in [5.74, 6) is -0.766. The highest BCUT2D eigenvalue weighted by atomic mass is 19.1. The van der Waals surface area contributed by atoms with Crippen LogP contribution in [0.1, 0.15) is 36.8 Å². The van der Waals surface area contributed by atoms with Crippen LogP contribution in [0.15, 0.2) is 91.3 Å². The molecule has 2 aromatic heterocycles. The van der Waals surface area contributed by atoms with E-state index in [0.29, 0.717) is 48.6 Å². The van der Waals surface area contributed by atoms with Crippen molar-refractivity contribution in [3.05, 3.63) is 108 Å². The molecule has 2 amide bonds. The standard InChI is InChI=1S/C35H35FN6O4/c1-35(2,3)46-34(44)41-19-17-40(18-20-41)30-12-8-7-11-28(30)39-33(43)29-15-16-42-32(38-29)26(22-37-42)25-13-14-31(27(36)21-25)45-23-24-9-5-4-6-10-24/h4-16,21-22H,17-20,23H2,1-3H3,(H,39,43).